The molecule has 1 aliphatic carbocycles. The summed E-state index contributed by atoms with van der Waals surface area (Å²) in [6, 6.07) is 4.38. The maximum Gasteiger partial charge on any atom is 0.251 e. The molecule has 1 saturated carbocycles. The fraction of sp³-hybridized carbons (Fsp3) is 0.500. The van der Waals surface area contributed by atoms with Gasteiger partial charge in [-0.3, -0.25) is 9.59 Å². The van der Waals surface area contributed by atoms with E-state index in [0.29, 0.717) is 34.7 Å². The minimum atomic E-state index is -0.416. The van der Waals surface area contributed by atoms with Crippen molar-refractivity contribution in [3.63, 3.8) is 0 Å². The van der Waals surface area contributed by atoms with E-state index in [1.54, 1.807) is 18.2 Å². The number of aromatic nitrogens is 2. The molecule has 9 heteroatoms. The van der Waals surface area contributed by atoms with Gasteiger partial charge in [-0.25, -0.2) is 0 Å². The van der Waals surface area contributed by atoms with Gasteiger partial charge < -0.3 is 24.6 Å². The second-order valence-corrected chi connectivity index (χ2v) is 7.31. The number of carbonyl (C=O) groups excluding carboxylic acids is 2. The molecule has 2 amide bonds. The highest BCUT2D eigenvalue weighted by atomic mass is 16.5. The highest BCUT2D eigenvalue weighted by molar-refractivity contribution is 5.97. The van der Waals surface area contributed by atoms with E-state index in [-0.39, 0.29) is 18.4 Å². The second kappa shape index (κ2) is 8.93. The first-order valence-corrected chi connectivity index (χ1v) is 9.56. The Hall–Kier alpha value is -3.10. The lowest BCUT2D eigenvalue weighted by molar-refractivity contribution is -0.121. The number of ether oxygens (including phenoxy) is 2. The smallest absolute Gasteiger partial charge is 0.251 e. The number of hydrogen-bond acceptors (Lipinski definition) is 7. The van der Waals surface area contributed by atoms with Crippen molar-refractivity contribution in [2.24, 2.45) is 5.92 Å². The van der Waals surface area contributed by atoms with Crippen LogP contribution in [0.5, 0.6) is 11.5 Å². The van der Waals surface area contributed by atoms with Crippen molar-refractivity contribution >= 4 is 11.8 Å². The molecule has 0 aliphatic heterocycles. The summed E-state index contributed by atoms with van der Waals surface area (Å²) in [6.07, 6.45) is 2.14. The van der Waals surface area contributed by atoms with Crippen molar-refractivity contribution in [3.8, 4) is 11.5 Å². The Labute approximate surface area is 169 Å². The fourth-order valence-corrected chi connectivity index (χ4v) is 2.86. The molecule has 0 bridgehead atoms. The van der Waals surface area contributed by atoms with E-state index in [9.17, 15) is 9.59 Å². The zero-order valence-corrected chi connectivity index (χ0v) is 17.0. The predicted molar refractivity (Wildman–Crippen MR) is 104 cm³/mol. The Morgan fingerprint density at radius 1 is 1.21 bits per heavy atom. The maximum absolute atomic E-state index is 12.4. The molecule has 3 rings (SSSR count). The van der Waals surface area contributed by atoms with E-state index in [1.165, 1.54) is 14.2 Å². The minimum absolute atomic E-state index is 0.0491. The standard InChI is InChI=1S/C20H26N4O5/c1-11(2)17(20-23-18(24-29-20)12-5-6-12)22-16(25)10-21-19(26)13-7-8-14(27-3)15(9-13)28-4/h7-9,11-12,17H,5-6,10H2,1-4H3,(H,21,26)(H,22,25). The van der Waals surface area contributed by atoms with Crippen molar-refractivity contribution < 1.29 is 23.6 Å². The first-order valence-electron chi connectivity index (χ1n) is 9.56. The van der Waals surface area contributed by atoms with Crippen LogP contribution in [-0.2, 0) is 4.79 Å². The number of hydrogen-bond donors (Lipinski definition) is 2. The van der Waals surface area contributed by atoms with E-state index in [4.69, 9.17) is 14.0 Å². The summed E-state index contributed by atoms with van der Waals surface area (Å²) in [5.74, 6) is 1.73. The van der Waals surface area contributed by atoms with Crippen LogP contribution in [-0.4, -0.2) is 42.7 Å². The minimum Gasteiger partial charge on any atom is -0.493 e. The summed E-state index contributed by atoms with van der Waals surface area (Å²) in [7, 11) is 3.01. The van der Waals surface area contributed by atoms with E-state index >= 15 is 0 Å². The summed E-state index contributed by atoms with van der Waals surface area (Å²) >= 11 is 0. The molecule has 1 aromatic heterocycles. The molecule has 1 unspecified atom stereocenters. The summed E-state index contributed by atoms with van der Waals surface area (Å²) < 4.78 is 15.7. The molecule has 156 valence electrons. The first-order chi connectivity index (χ1) is 13.9. The quantitative estimate of drug-likeness (QED) is 0.661. The molecule has 1 heterocycles. The average molecular weight is 402 g/mol. The molecule has 1 atom stereocenters. The molecule has 1 aliphatic rings. The molecule has 9 nitrogen and oxygen atoms in total. The Bertz CT molecular complexity index is 876. The molecule has 0 saturated heterocycles. The lowest BCUT2D eigenvalue weighted by atomic mass is 10.0. The van der Waals surface area contributed by atoms with Crippen LogP contribution in [0, 0.1) is 5.92 Å². The molecule has 0 spiro atoms. The number of methoxy groups -OCH3 is 2. The Kier molecular flexibility index (Phi) is 6.36. The van der Waals surface area contributed by atoms with Crippen LogP contribution < -0.4 is 20.1 Å². The van der Waals surface area contributed by atoms with Crippen LogP contribution in [0.3, 0.4) is 0 Å². The lowest BCUT2D eigenvalue weighted by Crippen LogP contribution is -2.40. The molecule has 2 N–H and O–H groups in total. The van der Waals surface area contributed by atoms with E-state index in [0.717, 1.165) is 12.8 Å². The Balaban J connectivity index is 1.58. The zero-order valence-electron chi connectivity index (χ0n) is 17.0. The molecule has 1 aromatic carbocycles. The van der Waals surface area contributed by atoms with E-state index in [2.05, 4.69) is 20.8 Å². The number of nitrogens with zero attached hydrogens (tertiary/aromatic N) is 2. The third kappa shape index (κ3) is 5.04. The van der Waals surface area contributed by atoms with Gasteiger partial charge in [0.2, 0.25) is 11.8 Å². The molecule has 2 aromatic rings. The normalized spacial score (nSPS) is 14.4. The van der Waals surface area contributed by atoms with E-state index in [1.807, 2.05) is 13.8 Å². The van der Waals surface area contributed by atoms with Gasteiger partial charge in [0.05, 0.1) is 20.8 Å². The van der Waals surface area contributed by atoms with Gasteiger partial charge in [0, 0.05) is 11.5 Å². The largest absolute Gasteiger partial charge is 0.493 e. The Morgan fingerprint density at radius 3 is 2.55 bits per heavy atom. The van der Waals surface area contributed by atoms with Crippen LogP contribution in [0.15, 0.2) is 22.7 Å². The molecular weight excluding hydrogens is 376 g/mol. The van der Waals surface area contributed by atoms with Crippen molar-refractivity contribution in [2.45, 2.75) is 38.6 Å². The fourth-order valence-electron chi connectivity index (χ4n) is 2.86. The van der Waals surface area contributed by atoms with Crippen molar-refractivity contribution in [1.29, 1.82) is 0 Å². The number of amides is 2. The maximum atomic E-state index is 12.4. The van der Waals surface area contributed by atoms with Gasteiger partial charge in [-0.15, -0.1) is 0 Å². The number of carbonyl (C=O) groups is 2. The SMILES string of the molecule is COc1ccc(C(=O)NCC(=O)NC(c2nc(C3CC3)no2)C(C)C)cc1OC. The van der Waals surface area contributed by atoms with Crippen LogP contribution in [0.4, 0.5) is 0 Å². The van der Waals surface area contributed by atoms with Crippen LogP contribution in [0.1, 0.15) is 60.7 Å². The third-order valence-corrected chi connectivity index (χ3v) is 4.70. The van der Waals surface area contributed by atoms with Crippen molar-refractivity contribution in [1.82, 2.24) is 20.8 Å². The van der Waals surface area contributed by atoms with Gasteiger partial charge in [0.1, 0.15) is 6.04 Å². The molecular formula is C20H26N4O5. The van der Waals surface area contributed by atoms with Gasteiger partial charge in [0.25, 0.3) is 5.91 Å². The topological polar surface area (TPSA) is 116 Å². The van der Waals surface area contributed by atoms with Crippen LogP contribution in [0.25, 0.3) is 0 Å². The van der Waals surface area contributed by atoms with Crippen LogP contribution >= 0.6 is 0 Å². The summed E-state index contributed by atoms with van der Waals surface area (Å²) in [4.78, 5) is 29.2. The highest BCUT2D eigenvalue weighted by Crippen LogP contribution is 2.38. The third-order valence-electron chi connectivity index (χ3n) is 4.70. The van der Waals surface area contributed by atoms with Gasteiger partial charge in [0.15, 0.2) is 17.3 Å². The first kappa shape index (κ1) is 20.6. The van der Waals surface area contributed by atoms with Gasteiger partial charge in [-0.05, 0) is 37.0 Å². The van der Waals surface area contributed by atoms with Crippen molar-refractivity contribution in [2.75, 3.05) is 20.8 Å². The lowest BCUT2D eigenvalue weighted by Gasteiger charge is -2.18. The van der Waals surface area contributed by atoms with Crippen molar-refractivity contribution in [3.05, 3.63) is 35.5 Å². The van der Waals surface area contributed by atoms with Gasteiger partial charge in [-0.2, -0.15) is 4.98 Å². The summed E-state index contributed by atoms with van der Waals surface area (Å²) in [5.41, 5.74) is 0.363. The number of nitrogens with one attached hydrogen (secondary N) is 2. The molecule has 0 radical (unpaired) electrons. The average Bonchev–Trinajstić information content (AvgIpc) is 3.46. The predicted octanol–water partition coefficient (Wildman–Crippen LogP) is 2.21. The number of rotatable bonds is 9. The second-order valence-electron chi connectivity index (χ2n) is 7.31. The van der Waals surface area contributed by atoms with Gasteiger partial charge in [-0.1, -0.05) is 19.0 Å². The highest BCUT2D eigenvalue weighted by Gasteiger charge is 2.31. The summed E-state index contributed by atoms with van der Waals surface area (Å²) in [5, 5.41) is 9.46. The van der Waals surface area contributed by atoms with Crippen LogP contribution in [0.2, 0.25) is 0 Å². The number of benzene rings is 1. The monoisotopic (exact) mass is 402 g/mol. The Morgan fingerprint density at radius 2 is 1.93 bits per heavy atom. The van der Waals surface area contributed by atoms with Gasteiger partial charge >= 0.3 is 0 Å². The summed E-state index contributed by atoms with van der Waals surface area (Å²) in [6.45, 7) is 3.72. The zero-order chi connectivity index (χ0) is 21.0. The molecule has 29 heavy (non-hydrogen) atoms. The molecule has 1 fully saturated rings. The van der Waals surface area contributed by atoms with E-state index < -0.39 is 11.9 Å².